The van der Waals surface area contributed by atoms with Crippen molar-refractivity contribution in [2.75, 3.05) is 5.32 Å². The van der Waals surface area contributed by atoms with E-state index in [2.05, 4.69) is 0 Å². The first-order valence-electron chi connectivity index (χ1n) is 9.29. The van der Waals surface area contributed by atoms with Gasteiger partial charge >= 0.3 is 41.7 Å². The normalized spacial score (nSPS) is 14.7. The Morgan fingerprint density at radius 3 is 1.32 bits per heavy atom. The second kappa shape index (κ2) is 8.77. The van der Waals surface area contributed by atoms with Gasteiger partial charge in [0.05, 0.1) is 0 Å². The van der Waals surface area contributed by atoms with E-state index in [1.807, 2.05) is 0 Å². The van der Waals surface area contributed by atoms with E-state index in [0.717, 1.165) is 0 Å². The lowest BCUT2D eigenvalue weighted by molar-refractivity contribution is -0.435. The van der Waals surface area contributed by atoms with Gasteiger partial charge in [-0.2, -0.15) is 57.1 Å². The fraction of sp³-hybridized carbons (Fsp3) is 0.632. The van der Waals surface area contributed by atoms with E-state index in [1.54, 1.807) is 0 Å². The summed E-state index contributed by atoms with van der Waals surface area (Å²) < 4.78 is 173. The molecule has 34 heavy (non-hydrogen) atoms. The average Bonchev–Trinajstić information content (AvgIpc) is 2.65. The molecule has 0 bridgehead atoms. The highest BCUT2D eigenvalue weighted by Crippen LogP contribution is 2.60. The first kappa shape index (κ1) is 29.8. The fourth-order valence-corrected chi connectivity index (χ4v) is 2.80. The molecule has 0 spiro atoms. The summed E-state index contributed by atoms with van der Waals surface area (Å²) >= 11 is 0. The van der Waals surface area contributed by atoms with E-state index < -0.39 is 59.2 Å². The lowest BCUT2D eigenvalue weighted by atomic mass is 9.91. The fourth-order valence-electron chi connectivity index (χ4n) is 2.80. The van der Waals surface area contributed by atoms with Crippen molar-refractivity contribution < 1.29 is 61.9 Å². The Labute approximate surface area is 184 Å². The Morgan fingerprint density at radius 1 is 0.647 bits per heavy atom. The Morgan fingerprint density at radius 2 is 1.00 bits per heavy atom. The van der Waals surface area contributed by atoms with Crippen LogP contribution in [0.15, 0.2) is 18.2 Å². The minimum Gasteiger partial charge on any atom is -0.320 e. The van der Waals surface area contributed by atoms with E-state index in [4.69, 9.17) is 0 Å². The number of nitrogens with one attached hydrogen (secondary N) is 1. The SMILES string of the molecule is CC(C)c1cccc(C(C)C)c1NC(=O)C(F)(F)C(F)(F)C(F)(F)C(F)(F)C(F)(F)C(F)(F)F. The minimum atomic E-state index is -8.07. The zero-order valence-corrected chi connectivity index (χ0v) is 17.7. The monoisotopic (exact) mass is 523 g/mol. The van der Waals surface area contributed by atoms with Crippen LogP contribution in [0.5, 0.6) is 0 Å². The number of carbonyl (C=O) groups is 1. The summed E-state index contributed by atoms with van der Waals surface area (Å²) in [6, 6.07) is 3.84. The van der Waals surface area contributed by atoms with Gasteiger partial charge in [-0.25, -0.2) is 0 Å². The van der Waals surface area contributed by atoms with Crippen LogP contribution in [0.1, 0.15) is 50.7 Å². The van der Waals surface area contributed by atoms with E-state index in [-0.39, 0.29) is 11.1 Å². The molecule has 196 valence electrons. The predicted octanol–water partition coefficient (Wildman–Crippen LogP) is 7.61. The standard InChI is InChI=1S/C19H18F13NO/c1-8(2)10-6-5-7-11(9(3)4)12(10)33-13(34)14(20,21)15(22,23)16(24,25)17(26,27)18(28,29)19(30,31)32/h5-9H,1-4H3,(H,33,34). The smallest absolute Gasteiger partial charge is 0.320 e. The summed E-state index contributed by atoms with van der Waals surface area (Å²) in [6.07, 6.45) is -7.52. The maximum atomic E-state index is 14.2. The molecule has 1 aromatic rings. The van der Waals surface area contributed by atoms with Gasteiger partial charge in [-0.05, 0) is 23.0 Å². The molecule has 0 saturated heterocycles. The number of rotatable bonds is 8. The van der Waals surface area contributed by atoms with Crippen molar-refractivity contribution in [3.05, 3.63) is 29.3 Å². The summed E-state index contributed by atoms with van der Waals surface area (Å²) in [4.78, 5) is 11.9. The highest BCUT2D eigenvalue weighted by atomic mass is 19.4. The Bertz CT molecular complexity index is 878. The molecule has 0 unspecified atom stereocenters. The van der Waals surface area contributed by atoms with Crippen molar-refractivity contribution in [3.8, 4) is 0 Å². The number of benzene rings is 1. The summed E-state index contributed by atoms with van der Waals surface area (Å²) in [5, 5.41) is 1.22. The van der Waals surface area contributed by atoms with Crippen molar-refractivity contribution in [1.29, 1.82) is 0 Å². The third-order valence-corrected chi connectivity index (χ3v) is 4.83. The maximum Gasteiger partial charge on any atom is 0.460 e. The lowest BCUT2D eigenvalue weighted by Crippen LogP contribution is -2.71. The van der Waals surface area contributed by atoms with Gasteiger partial charge in [-0.3, -0.25) is 4.79 Å². The highest BCUT2D eigenvalue weighted by molar-refractivity contribution is 5.98. The van der Waals surface area contributed by atoms with E-state index in [1.165, 1.54) is 51.2 Å². The molecule has 0 aliphatic carbocycles. The molecule has 0 saturated carbocycles. The summed E-state index contributed by atoms with van der Waals surface area (Å²) in [7, 11) is 0. The molecule has 1 N–H and O–H groups in total. The topological polar surface area (TPSA) is 29.1 Å². The number of amides is 1. The van der Waals surface area contributed by atoms with E-state index in [0.29, 0.717) is 0 Å². The van der Waals surface area contributed by atoms with Gasteiger partial charge in [-0.1, -0.05) is 45.9 Å². The Balaban J connectivity index is 3.59. The number of hydrogen-bond acceptors (Lipinski definition) is 1. The molecule has 0 fully saturated rings. The maximum absolute atomic E-state index is 14.2. The molecule has 0 heterocycles. The van der Waals surface area contributed by atoms with Crippen LogP contribution in [0.3, 0.4) is 0 Å². The van der Waals surface area contributed by atoms with Gasteiger partial charge in [0.15, 0.2) is 0 Å². The third kappa shape index (κ3) is 4.41. The zero-order valence-electron chi connectivity index (χ0n) is 17.7. The van der Waals surface area contributed by atoms with Crippen molar-refractivity contribution in [3.63, 3.8) is 0 Å². The third-order valence-electron chi connectivity index (χ3n) is 4.83. The predicted molar refractivity (Wildman–Crippen MR) is 94.0 cm³/mol. The van der Waals surface area contributed by atoms with Crippen LogP contribution in [0.4, 0.5) is 62.8 Å². The van der Waals surface area contributed by atoms with Crippen LogP contribution in [-0.4, -0.2) is 41.7 Å². The molecule has 0 aromatic heterocycles. The molecule has 1 aromatic carbocycles. The molecule has 1 amide bonds. The van der Waals surface area contributed by atoms with Gasteiger partial charge < -0.3 is 5.32 Å². The molecule has 0 radical (unpaired) electrons. The largest absolute Gasteiger partial charge is 0.460 e. The lowest BCUT2D eigenvalue weighted by Gasteiger charge is -2.39. The van der Waals surface area contributed by atoms with E-state index >= 15 is 0 Å². The molecule has 1 rings (SSSR count). The van der Waals surface area contributed by atoms with Crippen LogP contribution < -0.4 is 5.32 Å². The van der Waals surface area contributed by atoms with Gasteiger partial charge in [0.25, 0.3) is 0 Å². The number of para-hydroxylation sites is 1. The molecule has 0 atom stereocenters. The zero-order chi connectivity index (χ0) is 27.3. The number of hydrogen-bond donors (Lipinski definition) is 1. The van der Waals surface area contributed by atoms with Crippen LogP contribution in [-0.2, 0) is 4.79 Å². The average molecular weight is 523 g/mol. The number of carbonyl (C=O) groups excluding carboxylic acids is 1. The molecule has 0 aliphatic rings. The van der Waals surface area contributed by atoms with E-state index in [9.17, 15) is 61.9 Å². The van der Waals surface area contributed by atoms with Crippen LogP contribution >= 0.6 is 0 Å². The quantitative estimate of drug-likeness (QED) is 0.349. The molecule has 2 nitrogen and oxygen atoms in total. The minimum absolute atomic E-state index is 0.0272. The summed E-state index contributed by atoms with van der Waals surface area (Å²) in [6.45, 7) is 5.82. The van der Waals surface area contributed by atoms with Gasteiger partial charge in [-0.15, -0.1) is 0 Å². The summed E-state index contributed by atoms with van der Waals surface area (Å²) in [5.41, 5.74) is -0.512. The molecular formula is C19H18F13NO. The molecule has 0 aliphatic heterocycles. The molecule has 15 heteroatoms. The van der Waals surface area contributed by atoms with Crippen molar-refractivity contribution in [1.82, 2.24) is 0 Å². The highest BCUT2D eigenvalue weighted by Gasteiger charge is 2.91. The van der Waals surface area contributed by atoms with Crippen molar-refractivity contribution in [2.45, 2.75) is 75.3 Å². The second-order valence-electron chi connectivity index (χ2n) is 7.94. The Kier molecular flexibility index (Phi) is 7.69. The second-order valence-corrected chi connectivity index (χ2v) is 7.94. The van der Waals surface area contributed by atoms with Gasteiger partial charge in [0.1, 0.15) is 0 Å². The van der Waals surface area contributed by atoms with Gasteiger partial charge in [0, 0.05) is 5.69 Å². The molecular weight excluding hydrogens is 505 g/mol. The van der Waals surface area contributed by atoms with Crippen LogP contribution in [0, 0.1) is 0 Å². The number of anilines is 1. The van der Waals surface area contributed by atoms with Crippen molar-refractivity contribution >= 4 is 11.6 Å². The van der Waals surface area contributed by atoms with Gasteiger partial charge in [0.2, 0.25) is 0 Å². The van der Waals surface area contributed by atoms with Crippen LogP contribution in [0.25, 0.3) is 0 Å². The first-order chi connectivity index (χ1) is 14.9. The number of alkyl halides is 13. The van der Waals surface area contributed by atoms with Crippen LogP contribution in [0.2, 0.25) is 0 Å². The van der Waals surface area contributed by atoms with Crippen molar-refractivity contribution in [2.24, 2.45) is 0 Å². The summed E-state index contributed by atoms with van der Waals surface area (Å²) in [5.74, 6) is -43.0. The number of halogens is 13. The first-order valence-corrected chi connectivity index (χ1v) is 9.29. The Hall–Kier alpha value is -2.22.